The molecular weight excluding hydrogens is 300 g/mol. The highest BCUT2D eigenvalue weighted by Gasteiger charge is 2.36. The standard InChI is InChI=1S/C16H18N2O5/c19-15-9-17(12-3-6-21-16(12)20)4-5-18(15)8-11-1-2-13-14(7-11)23-10-22-13/h1-2,7,12H,3-6,8-10H2. The van der Waals surface area contributed by atoms with Gasteiger partial charge in [-0.25, -0.2) is 0 Å². The normalized spacial score (nSPS) is 24.2. The van der Waals surface area contributed by atoms with Crippen LogP contribution in [0.25, 0.3) is 0 Å². The molecule has 1 aromatic carbocycles. The summed E-state index contributed by atoms with van der Waals surface area (Å²) in [6.07, 6.45) is 0.675. The smallest absolute Gasteiger partial charge is 0.323 e. The van der Waals surface area contributed by atoms with E-state index in [2.05, 4.69) is 0 Å². The Labute approximate surface area is 133 Å². The molecule has 3 heterocycles. The number of hydrogen-bond donors (Lipinski definition) is 0. The van der Waals surface area contributed by atoms with Crippen LogP contribution in [-0.4, -0.2) is 60.8 Å². The first-order valence-corrected chi connectivity index (χ1v) is 7.78. The summed E-state index contributed by atoms with van der Waals surface area (Å²) in [7, 11) is 0. The molecule has 0 spiro atoms. The van der Waals surface area contributed by atoms with E-state index in [-0.39, 0.29) is 31.3 Å². The van der Waals surface area contributed by atoms with E-state index in [1.807, 2.05) is 28.0 Å². The van der Waals surface area contributed by atoms with Crippen molar-refractivity contribution in [3.63, 3.8) is 0 Å². The highest BCUT2D eigenvalue weighted by atomic mass is 16.7. The summed E-state index contributed by atoms with van der Waals surface area (Å²) in [5.41, 5.74) is 1.01. The second kappa shape index (κ2) is 5.73. The van der Waals surface area contributed by atoms with Gasteiger partial charge in [0.25, 0.3) is 0 Å². The molecule has 0 N–H and O–H groups in total. The van der Waals surface area contributed by atoms with Crippen LogP contribution in [-0.2, 0) is 20.9 Å². The molecule has 4 rings (SSSR count). The molecule has 23 heavy (non-hydrogen) atoms. The minimum absolute atomic E-state index is 0.0358. The third kappa shape index (κ3) is 2.72. The maximum Gasteiger partial charge on any atom is 0.323 e. The summed E-state index contributed by atoms with van der Waals surface area (Å²) in [5, 5.41) is 0. The van der Waals surface area contributed by atoms with E-state index >= 15 is 0 Å². The van der Waals surface area contributed by atoms with Crippen molar-refractivity contribution >= 4 is 11.9 Å². The Hall–Kier alpha value is -2.28. The van der Waals surface area contributed by atoms with Gasteiger partial charge in [0.2, 0.25) is 12.7 Å². The molecule has 7 nitrogen and oxygen atoms in total. The van der Waals surface area contributed by atoms with Gasteiger partial charge in [-0.2, -0.15) is 0 Å². The van der Waals surface area contributed by atoms with Crippen LogP contribution in [0.1, 0.15) is 12.0 Å². The number of ether oxygens (including phenoxy) is 3. The number of amides is 1. The lowest BCUT2D eigenvalue weighted by Gasteiger charge is -2.36. The van der Waals surface area contributed by atoms with Gasteiger partial charge in [-0.05, 0) is 17.7 Å². The molecule has 3 aliphatic rings. The third-order valence-electron chi connectivity index (χ3n) is 4.51. The van der Waals surface area contributed by atoms with Gasteiger partial charge in [0.05, 0.1) is 13.2 Å². The van der Waals surface area contributed by atoms with Crippen molar-refractivity contribution in [2.75, 3.05) is 33.0 Å². The SMILES string of the molecule is O=C1OCCC1N1CCN(Cc2ccc3c(c2)OCO3)C(=O)C1. The maximum absolute atomic E-state index is 12.4. The largest absolute Gasteiger partial charge is 0.464 e. The van der Waals surface area contributed by atoms with E-state index in [4.69, 9.17) is 14.2 Å². The molecule has 0 aromatic heterocycles. The quantitative estimate of drug-likeness (QED) is 0.750. The zero-order valence-electron chi connectivity index (χ0n) is 12.7. The van der Waals surface area contributed by atoms with Crippen LogP contribution in [0, 0.1) is 0 Å². The van der Waals surface area contributed by atoms with E-state index in [0.717, 1.165) is 17.1 Å². The highest BCUT2D eigenvalue weighted by molar-refractivity contribution is 5.82. The predicted molar refractivity (Wildman–Crippen MR) is 78.9 cm³/mol. The first kappa shape index (κ1) is 14.3. The molecule has 1 unspecified atom stereocenters. The van der Waals surface area contributed by atoms with Crippen LogP contribution >= 0.6 is 0 Å². The van der Waals surface area contributed by atoms with Crippen molar-refractivity contribution in [3.8, 4) is 11.5 Å². The summed E-state index contributed by atoms with van der Waals surface area (Å²) >= 11 is 0. The number of esters is 1. The molecule has 122 valence electrons. The number of rotatable bonds is 3. The number of hydrogen-bond acceptors (Lipinski definition) is 6. The van der Waals surface area contributed by atoms with Crippen LogP contribution < -0.4 is 9.47 Å². The molecule has 0 bridgehead atoms. The molecule has 2 fully saturated rings. The monoisotopic (exact) mass is 318 g/mol. The van der Waals surface area contributed by atoms with Gasteiger partial charge in [0.15, 0.2) is 11.5 Å². The topological polar surface area (TPSA) is 68.3 Å². The Balaban J connectivity index is 1.39. The van der Waals surface area contributed by atoms with Gasteiger partial charge in [-0.3, -0.25) is 14.5 Å². The fraction of sp³-hybridized carbons (Fsp3) is 0.500. The molecule has 0 aliphatic carbocycles. The van der Waals surface area contributed by atoms with E-state index in [0.29, 0.717) is 32.7 Å². The predicted octanol–water partition coefficient (Wildman–Crippen LogP) is 0.375. The number of benzene rings is 1. The van der Waals surface area contributed by atoms with Crippen molar-refractivity contribution < 1.29 is 23.8 Å². The summed E-state index contributed by atoms with van der Waals surface area (Å²) < 4.78 is 15.6. The van der Waals surface area contributed by atoms with Gasteiger partial charge in [0.1, 0.15) is 6.04 Å². The lowest BCUT2D eigenvalue weighted by Crippen LogP contribution is -2.54. The fourth-order valence-electron chi connectivity index (χ4n) is 3.24. The molecular formula is C16H18N2O5. The summed E-state index contributed by atoms with van der Waals surface area (Å²) in [5.74, 6) is 1.29. The summed E-state index contributed by atoms with van der Waals surface area (Å²) in [6, 6.07) is 5.47. The molecule has 1 aromatic rings. The first-order chi connectivity index (χ1) is 11.2. The molecule has 7 heteroatoms. The third-order valence-corrected chi connectivity index (χ3v) is 4.51. The van der Waals surface area contributed by atoms with Crippen LogP contribution in [0.2, 0.25) is 0 Å². The molecule has 1 amide bonds. The van der Waals surface area contributed by atoms with Crippen LogP contribution in [0.15, 0.2) is 18.2 Å². The second-order valence-electron chi connectivity index (χ2n) is 5.95. The lowest BCUT2D eigenvalue weighted by atomic mass is 10.1. The zero-order valence-corrected chi connectivity index (χ0v) is 12.7. The number of nitrogens with zero attached hydrogens (tertiary/aromatic N) is 2. The van der Waals surface area contributed by atoms with E-state index in [1.54, 1.807) is 0 Å². The molecule has 0 radical (unpaired) electrons. The van der Waals surface area contributed by atoms with Gasteiger partial charge >= 0.3 is 5.97 Å². The van der Waals surface area contributed by atoms with Crippen LogP contribution in [0.4, 0.5) is 0 Å². The fourth-order valence-corrected chi connectivity index (χ4v) is 3.24. The zero-order chi connectivity index (χ0) is 15.8. The van der Waals surface area contributed by atoms with E-state index in [9.17, 15) is 9.59 Å². The summed E-state index contributed by atoms with van der Waals surface area (Å²) in [6.45, 7) is 2.80. The van der Waals surface area contributed by atoms with Crippen LogP contribution in [0.3, 0.4) is 0 Å². The molecule has 1 atom stereocenters. The van der Waals surface area contributed by atoms with Crippen molar-refractivity contribution in [1.29, 1.82) is 0 Å². The van der Waals surface area contributed by atoms with Gasteiger partial charge in [0, 0.05) is 26.1 Å². The van der Waals surface area contributed by atoms with Gasteiger partial charge in [-0.1, -0.05) is 6.07 Å². The molecule has 3 aliphatic heterocycles. The van der Waals surface area contributed by atoms with Crippen molar-refractivity contribution in [1.82, 2.24) is 9.80 Å². The highest BCUT2D eigenvalue weighted by Crippen LogP contribution is 2.33. The van der Waals surface area contributed by atoms with Gasteiger partial charge in [-0.15, -0.1) is 0 Å². The second-order valence-corrected chi connectivity index (χ2v) is 5.95. The molecule has 0 saturated carbocycles. The first-order valence-electron chi connectivity index (χ1n) is 7.78. The Kier molecular flexibility index (Phi) is 3.57. The Morgan fingerprint density at radius 1 is 1.09 bits per heavy atom. The average Bonchev–Trinajstić information content (AvgIpc) is 3.17. The Morgan fingerprint density at radius 3 is 2.74 bits per heavy atom. The average molecular weight is 318 g/mol. The van der Waals surface area contributed by atoms with Crippen molar-refractivity contribution in [2.24, 2.45) is 0 Å². The lowest BCUT2D eigenvalue weighted by molar-refractivity contribution is -0.146. The summed E-state index contributed by atoms with van der Waals surface area (Å²) in [4.78, 5) is 27.8. The van der Waals surface area contributed by atoms with Crippen molar-refractivity contribution in [3.05, 3.63) is 23.8 Å². The Bertz CT molecular complexity index is 647. The number of carbonyl (C=O) groups is 2. The maximum atomic E-state index is 12.4. The number of piperazine rings is 1. The van der Waals surface area contributed by atoms with E-state index in [1.165, 1.54) is 0 Å². The van der Waals surface area contributed by atoms with Gasteiger partial charge < -0.3 is 19.1 Å². The minimum Gasteiger partial charge on any atom is -0.464 e. The molecule has 2 saturated heterocycles. The minimum atomic E-state index is -0.258. The number of fused-ring (bicyclic) bond motifs is 1. The van der Waals surface area contributed by atoms with Crippen LogP contribution in [0.5, 0.6) is 11.5 Å². The Morgan fingerprint density at radius 2 is 1.96 bits per heavy atom. The number of cyclic esters (lactones) is 1. The number of carbonyl (C=O) groups excluding carboxylic acids is 2. The van der Waals surface area contributed by atoms with E-state index < -0.39 is 0 Å². The van der Waals surface area contributed by atoms with Crippen molar-refractivity contribution in [2.45, 2.75) is 19.0 Å².